The summed E-state index contributed by atoms with van der Waals surface area (Å²) in [5.74, 6) is 0.165. The summed E-state index contributed by atoms with van der Waals surface area (Å²) in [4.78, 5) is 26.1. The molecule has 0 bridgehead atoms. The molecule has 0 aromatic carbocycles. The molecule has 0 spiro atoms. The van der Waals surface area contributed by atoms with E-state index in [1.807, 2.05) is 0 Å². The van der Waals surface area contributed by atoms with Crippen LogP contribution in [0.1, 0.15) is 10.6 Å². The van der Waals surface area contributed by atoms with Crippen LogP contribution in [0.25, 0.3) is 0 Å². The zero-order chi connectivity index (χ0) is 12.1. The van der Waals surface area contributed by atoms with Gasteiger partial charge in [-0.05, 0) is 19.2 Å². The molecule has 0 aliphatic carbocycles. The van der Waals surface area contributed by atoms with E-state index >= 15 is 0 Å². The summed E-state index contributed by atoms with van der Waals surface area (Å²) in [7, 11) is 5.09. The number of Topliss-reactive ketones (excluding diaryl/α,β-unsaturated/α-hetero) is 1. The van der Waals surface area contributed by atoms with Crippen LogP contribution in [0.4, 0.5) is 0 Å². The predicted octanol–water partition coefficient (Wildman–Crippen LogP) is 0.482. The van der Waals surface area contributed by atoms with Crippen LogP contribution >= 0.6 is 0 Å². The van der Waals surface area contributed by atoms with Crippen molar-refractivity contribution in [3.63, 3.8) is 0 Å². The van der Waals surface area contributed by atoms with Crippen molar-refractivity contribution < 1.29 is 14.0 Å². The second-order valence-corrected chi connectivity index (χ2v) is 3.86. The molecule has 5 heteroatoms. The largest absolute Gasteiger partial charge is 0.461 e. The van der Waals surface area contributed by atoms with Crippen molar-refractivity contribution in [2.45, 2.75) is 0 Å². The molecule has 0 saturated heterocycles. The molecule has 0 saturated carbocycles. The molecule has 0 aliphatic heterocycles. The highest BCUT2D eigenvalue weighted by atomic mass is 16.3. The minimum atomic E-state index is -0.126. The highest BCUT2D eigenvalue weighted by molar-refractivity contribution is 5.95. The topological polar surface area (TPSA) is 53.8 Å². The van der Waals surface area contributed by atoms with Crippen LogP contribution in [0.5, 0.6) is 0 Å². The third-order valence-corrected chi connectivity index (χ3v) is 2.11. The van der Waals surface area contributed by atoms with Gasteiger partial charge in [-0.15, -0.1) is 0 Å². The van der Waals surface area contributed by atoms with Gasteiger partial charge in [-0.2, -0.15) is 0 Å². The molecule has 0 fully saturated rings. The van der Waals surface area contributed by atoms with Crippen molar-refractivity contribution in [3.8, 4) is 0 Å². The van der Waals surface area contributed by atoms with E-state index in [0.717, 1.165) is 0 Å². The lowest BCUT2D eigenvalue weighted by Crippen LogP contribution is -2.36. The number of carbonyl (C=O) groups excluding carboxylic acids is 2. The maximum absolute atomic E-state index is 11.6. The van der Waals surface area contributed by atoms with Crippen molar-refractivity contribution in [1.29, 1.82) is 0 Å². The summed E-state index contributed by atoms with van der Waals surface area (Å²) >= 11 is 0. The Morgan fingerprint density at radius 1 is 1.25 bits per heavy atom. The molecule has 1 aromatic heterocycles. The van der Waals surface area contributed by atoms with Crippen molar-refractivity contribution in [1.82, 2.24) is 9.80 Å². The Bertz CT molecular complexity index is 357. The SMILES string of the molecule is CN(CC(=O)c1ccco1)CC(=O)N(C)C. The van der Waals surface area contributed by atoms with E-state index < -0.39 is 0 Å². The lowest BCUT2D eigenvalue weighted by atomic mass is 10.3. The number of hydrogen-bond acceptors (Lipinski definition) is 4. The van der Waals surface area contributed by atoms with Crippen molar-refractivity contribution >= 4 is 11.7 Å². The average Bonchev–Trinajstić information content (AvgIpc) is 2.69. The van der Waals surface area contributed by atoms with Gasteiger partial charge >= 0.3 is 0 Å². The fourth-order valence-electron chi connectivity index (χ4n) is 1.19. The number of likely N-dealkylation sites (N-methyl/N-ethyl adjacent to an activating group) is 2. The van der Waals surface area contributed by atoms with Gasteiger partial charge in [0.05, 0.1) is 19.4 Å². The van der Waals surface area contributed by atoms with Gasteiger partial charge in [-0.3, -0.25) is 14.5 Å². The zero-order valence-corrected chi connectivity index (χ0v) is 9.77. The summed E-state index contributed by atoms with van der Waals surface area (Å²) in [6, 6.07) is 3.28. The minimum absolute atomic E-state index is 0.0326. The van der Waals surface area contributed by atoms with E-state index in [2.05, 4.69) is 0 Å². The fraction of sp³-hybridized carbons (Fsp3) is 0.455. The molecular formula is C11H16N2O3. The highest BCUT2D eigenvalue weighted by Crippen LogP contribution is 2.02. The second kappa shape index (κ2) is 5.46. The Morgan fingerprint density at radius 2 is 1.94 bits per heavy atom. The summed E-state index contributed by atoms with van der Waals surface area (Å²) in [6.45, 7) is 0.395. The molecule has 0 unspecified atom stereocenters. The molecule has 0 N–H and O–H groups in total. The summed E-state index contributed by atoms with van der Waals surface area (Å²) < 4.78 is 4.98. The molecule has 1 heterocycles. The summed E-state index contributed by atoms with van der Waals surface area (Å²) in [6.07, 6.45) is 1.46. The number of amides is 1. The number of ketones is 1. The molecular weight excluding hydrogens is 208 g/mol. The Morgan fingerprint density at radius 3 is 2.44 bits per heavy atom. The fourth-order valence-corrected chi connectivity index (χ4v) is 1.19. The van der Waals surface area contributed by atoms with Crippen LogP contribution in [-0.4, -0.2) is 55.7 Å². The first-order valence-corrected chi connectivity index (χ1v) is 4.96. The predicted molar refractivity (Wildman–Crippen MR) is 59.2 cm³/mol. The molecule has 1 aromatic rings. The van der Waals surface area contributed by atoms with Crippen molar-refractivity contribution in [3.05, 3.63) is 24.2 Å². The number of furan rings is 1. The van der Waals surface area contributed by atoms with E-state index in [1.54, 1.807) is 38.2 Å². The van der Waals surface area contributed by atoms with E-state index in [-0.39, 0.29) is 24.8 Å². The second-order valence-electron chi connectivity index (χ2n) is 3.86. The molecule has 5 nitrogen and oxygen atoms in total. The first-order valence-electron chi connectivity index (χ1n) is 4.96. The van der Waals surface area contributed by atoms with Crippen molar-refractivity contribution in [2.24, 2.45) is 0 Å². The quantitative estimate of drug-likeness (QED) is 0.683. The van der Waals surface area contributed by atoms with Crippen LogP contribution in [-0.2, 0) is 4.79 Å². The van der Waals surface area contributed by atoms with Gasteiger partial charge in [0.2, 0.25) is 11.7 Å². The average molecular weight is 224 g/mol. The minimum Gasteiger partial charge on any atom is -0.461 e. The first-order chi connectivity index (χ1) is 7.50. The van der Waals surface area contributed by atoms with Gasteiger partial charge < -0.3 is 9.32 Å². The standard InChI is InChI=1S/C11H16N2O3/c1-12(2)11(15)8-13(3)7-9(14)10-5-4-6-16-10/h4-6H,7-8H2,1-3H3. The van der Waals surface area contributed by atoms with Gasteiger partial charge in [-0.1, -0.05) is 0 Å². The van der Waals surface area contributed by atoms with Crippen LogP contribution in [0, 0.1) is 0 Å². The zero-order valence-electron chi connectivity index (χ0n) is 9.77. The number of rotatable bonds is 5. The van der Waals surface area contributed by atoms with Crippen LogP contribution in [0.2, 0.25) is 0 Å². The van der Waals surface area contributed by atoms with Gasteiger partial charge in [0.1, 0.15) is 0 Å². The molecule has 1 rings (SSSR count). The Kier molecular flexibility index (Phi) is 4.25. The van der Waals surface area contributed by atoms with Gasteiger partial charge in [-0.25, -0.2) is 0 Å². The molecule has 88 valence electrons. The van der Waals surface area contributed by atoms with Gasteiger partial charge in [0, 0.05) is 14.1 Å². The molecule has 0 aliphatic rings. The third kappa shape index (κ3) is 3.51. The Labute approximate surface area is 94.6 Å². The monoisotopic (exact) mass is 224 g/mol. The summed E-state index contributed by atoms with van der Waals surface area (Å²) in [5, 5.41) is 0. The van der Waals surface area contributed by atoms with E-state index in [9.17, 15) is 9.59 Å². The van der Waals surface area contributed by atoms with Gasteiger partial charge in [0.15, 0.2) is 5.76 Å². The molecule has 0 atom stereocenters. The number of nitrogens with zero attached hydrogens (tertiary/aromatic N) is 2. The summed E-state index contributed by atoms with van der Waals surface area (Å²) in [5.41, 5.74) is 0. The lowest BCUT2D eigenvalue weighted by Gasteiger charge is -2.17. The van der Waals surface area contributed by atoms with Crippen LogP contribution in [0.3, 0.4) is 0 Å². The molecule has 0 radical (unpaired) electrons. The Hall–Kier alpha value is -1.62. The third-order valence-electron chi connectivity index (χ3n) is 2.11. The van der Waals surface area contributed by atoms with Crippen LogP contribution in [0.15, 0.2) is 22.8 Å². The Balaban J connectivity index is 2.43. The number of carbonyl (C=O) groups is 2. The van der Waals surface area contributed by atoms with E-state index in [0.29, 0.717) is 5.76 Å². The lowest BCUT2D eigenvalue weighted by molar-refractivity contribution is -0.129. The maximum atomic E-state index is 11.6. The highest BCUT2D eigenvalue weighted by Gasteiger charge is 2.14. The normalized spacial score (nSPS) is 10.5. The smallest absolute Gasteiger partial charge is 0.236 e. The van der Waals surface area contributed by atoms with E-state index in [4.69, 9.17) is 4.42 Å². The first kappa shape index (κ1) is 12.4. The maximum Gasteiger partial charge on any atom is 0.236 e. The van der Waals surface area contributed by atoms with E-state index in [1.165, 1.54) is 11.2 Å². The van der Waals surface area contributed by atoms with Crippen LogP contribution < -0.4 is 0 Å². The number of hydrogen-bond donors (Lipinski definition) is 0. The molecule has 16 heavy (non-hydrogen) atoms. The van der Waals surface area contributed by atoms with Gasteiger partial charge in [0.25, 0.3) is 0 Å². The molecule has 1 amide bonds. The van der Waals surface area contributed by atoms with Crippen molar-refractivity contribution in [2.75, 3.05) is 34.2 Å².